The molecule has 2 nitrogen and oxygen atoms in total. The highest BCUT2D eigenvalue weighted by Gasteiger charge is 2.25. The lowest BCUT2D eigenvalue weighted by Gasteiger charge is -2.37. The van der Waals surface area contributed by atoms with Gasteiger partial charge >= 0.3 is 0 Å². The molecule has 0 saturated carbocycles. The molecule has 0 unspecified atom stereocenters. The van der Waals surface area contributed by atoms with Gasteiger partial charge in [-0.3, -0.25) is 0 Å². The Bertz CT molecular complexity index is 1160. The number of hydrogen-bond donors (Lipinski definition) is 0. The fourth-order valence-electron chi connectivity index (χ4n) is 4.54. The van der Waals surface area contributed by atoms with E-state index < -0.39 is 0 Å². The summed E-state index contributed by atoms with van der Waals surface area (Å²) in [4.78, 5) is 4.63. The van der Waals surface area contributed by atoms with Crippen molar-refractivity contribution in [1.82, 2.24) is 0 Å². The van der Waals surface area contributed by atoms with Gasteiger partial charge in [-0.05, 0) is 71.5 Å². The molecule has 148 valence electrons. The van der Waals surface area contributed by atoms with E-state index in [-0.39, 0.29) is 0 Å². The Labute approximate surface area is 179 Å². The van der Waals surface area contributed by atoms with Crippen LogP contribution in [0.2, 0.25) is 0 Å². The van der Waals surface area contributed by atoms with Crippen LogP contribution in [0.15, 0.2) is 84.9 Å². The Morgan fingerprint density at radius 2 is 0.867 bits per heavy atom. The molecule has 4 aromatic rings. The first-order valence-corrected chi connectivity index (χ1v) is 10.4. The number of fused-ring (bicyclic) bond motifs is 2. The van der Waals surface area contributed by atoms with Gasteiger partial charge in [0.25, 0.3) is 0 Å². The van der Waals surface area contributed by atoms with Crippen LogP contribution in [0.5, 0.6) is 0 Å². The third-order valence-electron chi connectivity index (χ3n) is 6.31. The normalized spacial score (nSPS) is 12.5. The minimum Gasteiger partial charge on any atom is -0.341 e. The first-order valence-electron chi connectivity index (χ1n) is 10.4. The molecule has 0 saturated heterocycles. The summed E-state index contributed by atoms with van der Waals surface area (Å²) in [6.45, 7) is 4.35. The second-order valence-corrected chi connectivity index (χ2v) is 8.15. The monoisotopic (exact) mass is 390 g/mol. The lowest BCUT2D eigenvalue weighted by atomic mass is 9.96. The van der Waals surface area contributed by atoms with E-state index in [2.05, 4.69) is 123 Å². The lowest BCUT2D eigenvalue weighted by molar-refractivity contribution is 1.10. The second-order valence-electron chi connectivity index (χ2n) is 8.15. The van der Waals surface area contributed by atoms with Crippen LogP contribution in [-0.2, 0) is 0 Å². The van der Waals surface area contributed by atoms with Crippen LogP contribution in [0.4, 0.5) is 22.7 Å². The van der Waals surface area contributed by atoms with Crippen LogP contribution in [0.1, 0.15) is 11.1 Å². The van der Waals surface area contributed by atoms with E-state index in [1.54, 1.807) is 0 Å². The van der Waals surface area contributed by atoms with Crippen molar-refractivity contribution in [1.29, 1.82) is 0 Å². The fraction of sp³-hybridized carbons (Fsp3) is 0.143. The van der Waals surface area contributed by atoms with E-state index in [0.29, 0.717) is 0 Å². The van der Waals surface area contributed by atoms with Crippen molar-refractivity contribution in [2.75, 3.05) is 23.9 Å². The minimum atomic E-state index is 1.23. The number of hydrogen-bond acceptors (Lipinski definition) is 2. The molecular formula is C28H26N2. The summed E-state index contributed by atoms with van der Waals surface area (Å²) < 4.78 is 0. The molecular weight excluding hydrogens is 364 g/mol. The number of aryl methyl sites for hydroxylation is 2. The Morgan fingerprint density at radius 1 is 0.467 bits per heavy atom. The molecule has 2 heteroatoms. The minimum absolute atomic E-state index is 1.23. The number of rotatable bonds is 2. The van der Waals surface area contributed by atoms with Gasteiger partial charge in [0, 0.05) is 14.1 Å². The maximum atomic E-state index is 2.31. The van der Waals surface area contributed by atoms with Crippen molar-refractivity contribution >= 4 is 22.7 Å². The zero-order valence-corrected chi connectivity index (χ0v) is 18.0. The highest BCUT2D eigenvalue weighted by atomic mass is 15.2. The van der Waals surface area contributed by atoms with Gasteiger partial charge < -0.3 is 9.80 Å². The van der Waals surface area contributed by atoms with Gasteiger partial charge in [0.15, 0.2) is 0 Å². The van der Waals surface area contributed by atoms with Crippen molar-refractivity contribution in [2.45, 2.75) is 13.8 Å². The molecule has 0 atom stereocenters. The van der Waals surface area contributed by atoms with E-state index in [9.17, 15) is 0 Å². The summed E-state index contributed by atoms with van der Waals surface area (Å²) >= 11 is 0. The molecule has 0 aliphatic carbocycles. The van der Waals surface area contributed by atoms with Crippen LogP contribution in [0.3, 0.4) is 0 Å². The molecule has 1 aliphatic rings. The number of nitrogens with zero attached hydrogens (tertiary/aromatic N) is 2. The molecule has 0 spiro atoms. The number of anilines is 4. The predicted octanol–water partition coefficient (Wildman–Crippen LogP) is 7.49. The second kappa shape index (κ2) is 7.07. The zero-order valence-electron chi connectivity index (χ0n) is 18.0. The first-order chi connectivity index (χ1) is 14.5. The maximum Gasteiger partial charge on any atom is 0.0656 e. The van der Waals surface area contributed by atoms with Crippen LogP contribution in [-0.4, -0.2) is 14.1 Å². The maximum absolute atomic E-state index is 2.31. The predicted molar refractivity (Wildman–Crippen MR) is 129 cm³/mol. The van der Waals surface area contributed by atoms with Crippen molar-refractivity contribution in [3.8, 4) is 22.3 Å². The van der Waals surface area contributed by atoms with Gasteiger partial charge in [0.05, 0.1) is 22.7 Å². The standard InChI is InChI=1S/C28H26N2/c1-19-9-5-7-11-23(19)21-13-15-25-27(17-21)29(3)26-16-14-22(18-28(26)30(25)4)24-12-8-6-10-20(24)2/h5-18H,1-4H3. The van der Waals surface area contributed by atoms with Crippen LogP contribution in [0.25, 0.3) is 22.3 Å². The summed E-state index contributed by atoms with van der Waals surface area (Å²) in [7, 11) is 4.33. The molecule has 0 fully saturated rings. The molecule has 0 radical (unpaired) electrons. The SMILES string of the molecule is Cc1ccccc1-c1ccc2c(c1)N(C)c1ccc(-c3ccccc3C)cc1N2C. The summed E-state index contributed by atoms with van der Waals surface area (Å²) in [6, 6.07) is 30.8. The molecule has 30 heavy (non-hydrogen) atoms. The van der Waals surface area contributed by atoms with Crippen molar-refractivity contribution < 1.29 is 0 Å². The molecule has 0 bridgehead atoms. The largest absolute Gasteiger partial charge is 0.341 e. The van der Waals surface area contributed by atoms with Crippen LogP contribution < -0.4 is 9.80 Å². The molecule has 5 rings (SSSR count). The summed E-state index contributed by atoms with van der Waals surface area (Å²) in [5.74, 6) is 0. The van der Waals surface area contributed by atoms with Crippen LogP contribution >= 0.6 is 0 Å². The van der Waals surface area contributed by atoms with Gasteiger partial charge in [-0.1, -0.05) is 60.7 Å². The van der Waals surface area contributed by atoms with Gasteiger partial charge in [-0.2, -0.15) is 0 Å². The Hall–Kier alpha value is -3.52. The van der Waals surface area contributed by atoms with E-state index in [4.69, 9.17) is 0 Å². The third kappa shape index (κ3) is 2.88. The van der Waals surface area contributed by atoms with E-state index >= 15 is 0 Å². The third-order valence-corrected chi connectivity index (χ3v) is 6.31. The molecule has 1 heterocycles. The van der Waals surface area contributed by atoms with E-state index in [1.807, 2.05) is 0 Å². The Morgan fingerprint density at radius 3 is 1.27 bits per heavy atom. The van der Waals surface area contributed by atoms with Gasteiger partial charge in [0.1, 0.15) is 0 Å². The number of benzene rings is 4. The van der Waals surface area contributed by atoms with Gasteiger partial charge in [-0.15, -0.1) is 0 Å². The lowest BCUT2D eigenvalue weighted by Crippen LogP contribution is -2.24. The van der Waals surface area contributed by atoms with Crippen molar-refractivity contribution in [3.63, 3.8) is 0 Å². The van der Waals surface area contributed by atoms with Crippen molar-refractivity contribution in [3.05, 3.63) is 96.1 Å². The summed E-state index contributed by atoms with van der Waals surface area (Å²) in [5.41, 5.74) is 12.6. The van der Waals surface area contributed by atoms with Crippen molar-refractivity contribution in [2.24, 2.45) is 0 Å². The van der Waals surface area contributed by atoms with Gasteiger partial charge in [0.2, 0.25) is 0 Å². The van der Waals surface area contributed by atoms with E-state index in [1.165, 1.54) is 56.1 Å². The zero-order chi connectivity index (χ0) is 20.8. The molecule has 0 amide bonds. The highest BCUT2D eigenvalue weighted by Crippen LogP contribution is 2.48. The van der Waals surface area contributed by atoms with Crippen LogP contribution in [0, 0.1) is 13.8 Å². The van der Waals surface area contributed by atoms with Gasteiger partial charge in [-0.25, -0.2) is 0 Å². The Balaban J connectivity index is 1.61. The average Bonchev–Trinajstić information content (AvgIpc) is 2.77. The fourth-order valence-corrected chi connectivity index (χ4v) is 4.54. The molecule has 4 aromatic carbocycles. The highest BCUT2D eigenvalue weighted by molar-refractivity contribution is 5.96. The quantitative estimate of drug-likeness (QED) is 0.350. The smallest absolute Gasteiger partial charge is 0.0656 e. The summed E-state index contributed by atoms with van der Waals surface area (Å²) in [6.07, 6.45) is 0. The first kappa shape index (κ1) is 18.5. The molecule has 1 aliphatic heterocycles. The topological polar surface area (TPSA) is 6.48 Å². The van der Waals surface area contributed by atoms with E-state index in [0.717, 1.165) is 0 Å². The molecule has 0 N–H and O–H groups in total. The summed E-state index contributed by atoms with van der Waals surface area (Å²) in [5, 5.41) is 0. The average molecular weight is 391 g/mol. The Kier molecular flexibility index (Phi) is 4.36. The molecule has 0 aromatic heterocycles.